The standard InChI is InChI=1S/C12H7F4NOS2/c13-8-2-1-6(12(14,15)16)3-9(8)17-11(18)10-4-7(19)5-20-10/h1-5,19H,(H,17,18). The molecule has 1 N–H and O–H groups in total. The van der Waals surface area contributed by atoms with Gasteiger partial charge in [0.05, 0.1) is 16.1 Å². The van der Waals surface area contributed by atoms with E-state index in [9.17, 15) is 22.4 Å². The van der Waals surface area contributed by atoms with Crippen molar-refractivity contribution in [3.8, 4) is 0 Å². The molecule has 1 heterocycles. The SMILES string of the molecule is O=C(Nc1cc(C(F)(F)F)ccc1F)c1cc(S)cs1. The number of thiol groups is 1. The van der Waals surface area contributed by atoms with Crippen molar-refractivity contribution in [1.29, 1.82) is 0 Å². The molecular weight excluding hydrogens is 314 g/mol. The Bertz CT molecular complexity index is 651. The Balaban J connectivity index is 2.27. The number of amides is 1. The number of carbonyl (C=O) groups excluding carboxylic acids is 1. The largest absolute Gasteiger partial charge is 0.416 e. The molecule has 106 valence electrons. The van der Waals surface area contributed by atoms with Gasteiger partial charge in [0.2, 0.25) is 0 Å². The van der Waals surface area contributed by atoms with Crippen LogP contribution in [0.4, 0.5) is 23.2 Å². The van der Waals surface area contributed by atoms with Crippen LogP contribution in [0.3, 0.4) is 0 Å². The van der Waals surface area contributed by atoms with Crippen LogP contribution in [0.5, 0.6) is 0 Å². The van der Waals surface area contributed by atoms with E-state index in [1.165, 1.54) is 6.07 Å². The first-order valence-corrected chi connectivity index (χ1v) is 6.55. The monoisotopic (exact) mass is 321 g/mol. The van der Waals surface area contributed by atoms with Crippen LogP contribution in [0.15, 0.2) is 34.5 Å². The van der Waals surface area contributed by atoms with Crippen molar-refractivity contribution in [2.24, 2.45) is 0 Å². The van der Waals surface area contributed by atoms with E-state index in [1.54, 1.807) is 5.38 Å². The molecule has 20 heavy (non-hydrogen) atoms. The van der Waals surface area contributed by atoms with Gasteiger partial charge in [-0.05, 0) is 24.3 Å². The van der Waals surface area contributed by atoms with Crippen LogP contribution in [-0.4, -0.2) is 5.91 Å². The molecule has 0 atom stereocenters. The summed E-state index contributed by atoms with van der Waals surface area (Å²) in [5.41, 5.74) is -1.55. The lowest BCUT2D eigenvalue weighted by atomic mass is 10.2. The zero-order valence-corrected chi connectivity index (χ0v) is 11.4. The summed E-state index contributed by atoms with van der Waals surface area (Å²) in [6.07, 6.45) is -4.60. The van der Waals surface area contributed by atoms with Crippen molar-refractivity contribution in [2.75, 3.05) is 5.32 Å². The normalized spacial score (nSPS) is 11.4. The van der Waals surface area contributed by atoms with Crippen molar-refractivity contribution >= 4 is 35.6 Å². The number of nitrogens with one attached hydrogen (secondary N) is 1. The maximum absolute atomic E-state index is 13.4. The average molecular weight is 321 g/mol. The molecule has 2 nitrogen and oxygen atoms in total. The average Bonchev–Trinajstić information content (AvgIpc) is 2.77. The minimum absolute atomic E-state index is 0.229. The third-order valence-electron chi connectivity index (χ3n) is 2.35. The van der Waals surface area contributed by atoms with E-state index >= 15 is 0 Å². The predicted molar refractivity (Wildman–Crippen MR) is 70.9 cm³/mol. The Hall–Kier alpha value is -1.54. The Kier molecular flexibility index (Phi) is 4.05. The fourth-order valence-electron chi connectivity index (χ4n) is 1.43. The molecule has 1 aromatic heterocycles. The van der Waals surface area contributed by atoms with Crippen molar-refractivity contribution in [3.63, 3.8) is 0 Å². The van der Waals surface area contributed by atoms with E-state index in [1.807, 2.05) is 0 Å². The van der Waals surface area contributed by atoms with Gasteiger partial charge in [0, 0.05) is 10.3 Å². The van der Waals surface area contributed by atoms with E-state index in [4.69, 9.17) is 0 Å². The molecule has 0 bridgehead atoms. The van der Waals surface area contributed by atoms with Gasteiger partial charge in [-0.1, -0.05) is 0 Å². The lowest BCUT2D eigenvalue weighted by Crippen LogP contribution is -2.13. The van der Waals surface area contributed by atoms with Crippen molar-refractivity contribution in [2.45, 2.75) is 11.1 Å². The highest BCUT2D eigenvalue weighted by Crippen LogP contribution is 2.32. The van der Waals surface area contributed by atoms with Crippen LogP contribution in [0, 0.1) is 5.82 Å². The van der Waals surface area contributed by atoms with E-state index < -0.39 is 29.2 Å². The quantitative estimate of drug-likeness (QED) is 0.621. The van der Waals surface area contributed by atoms with Gasteiger partial charge in [0.1, 0.15) is 5.82 Å². The molecule has 0 radical (unpaired) electrons. The molecule has 0 saturated heterocycles. The van der Waals surface area contributed by atoms with Gasteiger partial charge in [-0.25, -0.2) is 4.39 Å². The minimum Gasteiger partial charge on any atom is -0.319 e. The molecule has 0 fully saturated rings. The Morgan fingerprint density at radius 3 is 2.50 bits per heavy atom. The maximum atomic E-state index is 13.4. The van der Waals surface area contributed by atoms with Crippen molar-refractivity contribution in [3.05, 3.63) is 45.9 Å². The number of rotatable bonds is 2. The molecule has 0 aliphatic rings. The van der Waals surface area contributed by atoms with Crippen LogP contribution in [0.25, 0.3) is 0 Å². The number of hydrogen-bond acceptors (Lipinski definition) is 3. The number of anilines is 1. The molecule has 8 heteroatoms. The zero-order valence-electron chi connectivity index (χ0n) is 9.66. The second-order valence-corrected chi connectivity index (χ2v) is 5.24. The summed E-state index contributed by atoms with van der Waals surface area (Å²) in [4.78, 5) is 12.5. The van der Waals surface area contributed by atoms with Gasteiger partial charge < -0.3 is 5.32 Å². The number of halogens is 4. The topological polar surface area (TPSA) is 29.1 Å². The second kappa shape index (κ2) is 5.45. The number of alkyl halides is 3. The highest BCUT2D eigenvalue weighted by atomic mass is 32.1. The van der Waals surface area contributed by atoms with Gasteiger partial charge in [-0.3, -0.25) is 4.79 Å². The first kappa shape index (κ1) is 14.9. The molecule has 0 aliphatic heterocycles. The Morgan fingerprint density at radius 1 is 1.25 bits per heavy atom. The third-order valence-corrected chi connectivity index (χ3v) is 3.71. The third kappa shape index (κ3) is 3.31. The molecule has 2 rings (SSSR count). The fourth-order valence-corrected chi connectivity index (χ4v) is 2.47. The molecule has 0 unspecified atom stereocenters. The van der Waals surface area contributed by atoms with Gasteiger partial charge in [0.25, 0.3) is 5.91 Å². The van der Waals surface area contributed by atoms with Crippen LogP contribution in [-0.2, 0) is 6.18 Å². The summed E-state index contributed by atoms with van der Waals surface area (Å²) in [6, 6.07) is 3.27. The summed E-state index contributed by atoms with van der Waals surface area (Å²) >= 11 is 5.07. The van der Waals surface area contributed by atoms with E-state index in [-0.39, 0.29) is 4.88 Å². The van der Waals surface area contributed by atoms with Crippen molar-refractivity contribution in [1.82, 2.24) is 0 Å². The summed E-state index contributed by atoms with van der Waals surface area (Å²) in [5, 5.41) is 3.70. The summed E-state index contributed by atoms with van der Waals surface area (Å²) in [6.45, 7) is 0. The fraction of sp³-hybridized carbons (Fsp3) is 0.0833. The van der Waals surface area contributed by atoms with E-state index in [0.717, 1.165) is 11.3 Å². The van der Waals surface area contributed by atoms with Gasteiger partial charge in [-0.15, -0.1) is 24.0 Å². The molecule has 0 saturated carbocycles. The molecule has 1 amide bonds. The first-order chi connectivity index (χ1) is 9.27. The Labute approximate surface area is 120 Å². The lowest BCUT2D eigenvalue weighted by molar-refractivity contribution is -0.137. The predicted octanol–water partition coefficient (Wildman–Crippen LogP) is 4.45. The zero-order chi connectivity index (χ0) is 14.9. The molecule has 0 spiro atoms. The molecule has 0 aliphatic carbocycles. The highest BCUT2D eigenvalue weighted by Gasteiger charge is 2.31. The van der Waals surface area contributed by atoms with E-state index in [2.05, 4.69) is 17.9 Å². The molecular formula is C12H7F4NOS2. The number of thiophene rings is 1. The molecule has 1 aromatic carbocycles. The smallest absolute Gasteiger partial charge is 0.319 e. The first-order valence-electron chi connectivity index (χ1n) is 5.23. The highest BCUT2D eigenvalue weighted by molar-refractivity contribution is 7.80. The summed E-state index contributed by atoms with van der Waals surface area (Å²) in [7, 11) is 0. The van der Waals surface area contributed by atoms with E-state index in [0.29, 0.717) is 23.1 Å². The minimum atomic E-state index is -4.60. The Morgan fingerprint density at radius 2 is 1.95 bits per heavy atom. The van der Waals surface area contributed by atoms with Gasteiger partial charge in [0.15, 0.2) is 0 Å². The number of benzene rings is 1. The van der Waals surface area contributed by atoms with Crippen LogP contribution in [0.1, 0.15) is 15.2 Å². The van der Waals surface area contributed by atoms with Gasteiger partial charge in [-0.2, -0.15) is 13.2 Å². The molecule has 2 aromatic rings. The number of carbonyl (C=O) groups is 1. The summed E-state index contributed by atoms with van der Waals surface area (Å²) < 4.78 is 51.0. The second-order valence-electron chi connectivity index (χ2n) is 3.82. The summed E-state index contributed by atoms with van der Waals surface area (Å²) in [5.74, 6) is -1.62. The lowest BCUT2D eigenvalue weighted by Gasteiger charge is -2.10. The maximum Gasteiger partial charge on any atom is 0.416 e. The van der Waals surface area contributed by atoms with Gasteiger partial charge >= 0.3 is 6.18 Å². The van der Waals surface area contributed by atoms with Crippen molar-refractivity contribution < 1.29 is 22.4 Å². The number of hydrogen-bond donors (Lipinski definition) is 2. The van der Waals surface area contributed by atoms with Crippen LogP contribution in [0.2, 0.25) is 0 Å². The van der Waals surface area contributed by atoms with Crippen LogP contribution < -0.4 is 5.32 Å². The van der Waals surface area contributed by atoms with Crippen LogP contribution >= 0.6 is 24.0 Å².